The summed E-state index contributed by atoms with van der Waals surface area (Å²) < 4.78 is 10.7. The summed E-state index contributed by atoms with van der Waals surface area (Å²) in [6, 6.07) is 6.24. The zero-order chi connectivity index (χ0) is 12.2. The van der Waals surface area contributed by atoms with Crippen molar-refractivity contribution in [1.29, 1.82) is 0 Å². The summed E-state index contributed by atoms with van der Waals surface area (Å²) in [4.78, 5) is 0. The Morgan fingerprint density at radius 2 is 2.11 bits per heavy atom. The largest absolute Gasteiger partial charge is 0.454 e. The predicted octanol–water partition coefficient (Wildman–Crippen LogP) is 1.83. The molecule has 2 N–H and O–H groups in total. The molecule has 1 aromatic carbocycles. The van der Waals surface area contributed by atoms with Crippen LogP contribution >= 0.6 is 0 Å². The first-order chi connectivity index (χ1) is 8.92. The number of ether oxygens (including phenoxy) is 2. The molecule has 2 aliphatic rings. The van der Waals surface area contributed by atoms with Crippen molar-refractivity contribution in [3.8, 4) is 11.5 Å². The molecule has 0 aromatic heterocycles. The van der Waals surface area contributed by atoms with Gasteiger partial charge < -0.3 is 14.8 Å². The van der Waals surface area contributed by atoms with Crippen molar-refractivity contribution in [2.75, 3.05) is 13.3 Å². The lowest BCUT2D eigenvalue weighted by Gasteiger charge is -2.15. The molecule has 0 fully saturated rings. The van der Waals surface area contributed by atoms with Crippen LogP contribution in [0, 0.1) is 5.92 Å². The summed E-state index contributed by atoms with van der Waals surface area (Å²) in [5, 5.41) is 2.40. The molecule has 1 heterocycles. The van der Waals surface area contributed by atoms with E-state index in [4.69, 9.17) is 9.47 Å². The Labute approximate surface area is 108 Å². The van der Waals surface area contributed by atoms with Gasteiger partial charge in [0, 0.05) is 11.5 Å². The van der Waals surface area contributed by atoms with Gasteiger partial charge >= 0.3 is 0 Å². The number of nitrogens with two attached hydrogens (primary N) is 1. The van der Waals surface area contributed by atoms with E-state index in [0.717, 1.165) is 24.0 Å². The quantitative estimate of drug-likeness (QED) is 0.823. The molecule has 3 heteroatoms. The minimum atomic E-state index is 0.358. The highest BCUT2D eigenvalue weighted by molar-refractivity contribution is 5.44. The fourth-order valence-corrected chi connectivity index (χ4v) is 2.62. The molecule has 0 saturated heterocycles. The first-order valence-corrected chi connectivity index (χ1v) is 6.77. The molecule has 0 saturated carbocycles. The summed E-state index contributed by atoms with van der Waals surface area (Å²) in [5.41, 5.74) is 1.31. The van der Waals surface area contributed by atoms with Gasteiger partial charge in [-0.1, -0.05) is 12.2 Å². The Bertz CT molecular complexity index is 442. The lowest BCUT2D eigenvalue weighted by molar-refractivity contribution is -0.676. The first kappa shape index (κ1) is 11.6. The number of quaternary nitrogens is 1. The Balaban J connectivity index is 1.49. The number of rotatable bonds is 4. The van der Waals surface area contributed by atoms with Crippen molar-refractivity contribution in [2.45, 2.75) is 25.8 Å². The second-order valence-corrected chi connectivity index (χ2v) is 5.07. The van der Waals surface area contributed by atoms with Crippen molar-refractivity contribution >= 4 is 0 Å². The van der Waals surface area contributed by atoms with Gasteiger partial charge in [-0.25, -0.2) is 0 Å². The van der Waals surface area contributed by atoms with E-state index in [0.29, 0.717) is 6.79 Å². The van der Waals surface area contributed by atoms with Crippen LogP contribution in [0.1, 0.15) is 24.8 Å². The van der Waals surface area contributed by atoms with Gasteiger partial charge in [0.1, 0.15) is 6.54 Å². The number of hydrogen-bond acceptors (Lipinski definition) is 2. The van der Waals surface area contributed by atoms with Gasteiger partial charge in [-0.15, -0.1) is 0 Å². The second kappa shape index (κ2) is 5.44. The van der Waals surface area contributed by atoms with Crippen LogP contribution in [-0.2, 0) is 6.54 Å². The van der Waals surface area contributed by atoms with Gasteiger partial charge in [0.05, 0.1) is 6.54 Å². The summed E-state index contributed by atoms with van der Waals surface area (Å²) >= 11 is 0. The zero-order valence-corrected chi connectivity index (χ0v) is 10.6. The van der Waals surface area contributed by atoms with Gasteiger partial charge in [-0.05, 0) is 37.5 Å². The normalized spacial score (nSPS) is 21.2. The molecular weight excluding hydrogens is 226 g/mol. The van der Waals surface area contributed by atoms with E-state index >= 15 is 0 Å². The van der Waals surface area contributed by atoms with Crippen LogP contribution in [0.4, 0.5) is 0 Å². The van der Waals surface area contributed by atoms with E-state index in [9.17, 15) is 0 Å². The molecule has 96 valence electrons. The van der Waals surface area contributed by atoms with E-state index in [1.807, 2.05) is 6.07 Å². The van der Waals surface area contributed by atoms with Crippen LogP contribution in [0.25, 0.3) is 0 Å². The average Bonchev–Trinajstić information content (AvgIpc) is 2.87. The zero-order valence-electron chi connectivity index (χ0n) is 10.6. The van der Waals surface area contributed by atoms with Crippen molar-refractivity contribution in [1.82, 2.24) is 0 Å². The Morgan fingerprint density at radius 1 is 1.17 bits per heavy atom. The fraction of sp³-hybridized carbons (Fsp3) is 0.467. The molecule has 1 aromatic rings. The minimum Gasteiger partial charge on any atom is -0.454 e. The third kappa shape index (κ3) is 2.67. The summed E-state index contributed by atoms with van der Waals surface area (Å²) in [7, 11) is 0. The average molecular weight is 246 g/mol. The van der Waals surface area contributed by atoms with Crippen molar-refractivity contribution < 1.29 is 14.8 Å². The van der Waals surface area contributed by atoms with Gasteiger partial charge in [0.15, 0.2) is 11.5 Å². The van der Waals surface area contributed by atoms with Crippen LogP contribution in [0.2, 0.25) is 0 Å². The summed E-state index contributed by atoms with van der Waals surface area (Å²) in [6.07, 6.45) is 8.46. The number of benzene rings is 1. The van der Waals surface area contributed by atoms with E-state index < -0.39 is 0 Å². The highest BCUT2D eigenvalue weighted by atomic mass is 16.7. The van der Waals surface area contributed by atoms with Gasteiger partial charge in [0.2, 0.25) is 6.79 Å². The van der Waals surface area contributed by atoms with E-state index in [2.05, 4.69) is 29.6 Å². The molecule has 1 aliphatic carbocycles. The molecule has 0 radical (unpaired) electrons. The molecular formula is C15H20NO2+. The second-order valence-electron chi connectivity index (χ2n) is 5.07. The maximum absolute atomic E-state index is 5.39. The van der Waals surface area contributed by atoms with Crippen LogP contribution in [0.15, 0.2) is 30.4 Å². The monoisotopic (exact) mass is 246 g/mol. The standard InChI is InChI=1S/C15H19NO2/c1-2-4-12(5-3-1)9-16-10-13-6-7-14-15(8-13)18-11-17-14/h1-2,6-8,12,16H,3-5,9-11H2/p+1/t12-/m0/s1. The molecule has 0 spiro atoms. The Hall–Kier alpha value is -1.48. The van der Waals surface area contributed by atoms with Crippen LogP contribution in [-0.4, -0.2) is 13.3 Å². The smallest absolute Gasteiger partial charge is 0.231 e. The van der Waals surface area contributed by atoms with Crippen LogP contribution in [0.3, 0.4) is 0 Å². The van der Waals surface area contributed by atoms with E-state index in [-0.39, 0.29) is 0 Å². The molecule has 1 atom stereocenters. The lowest BCUT2D eigenvalue weighted by atomic mass is 9.94. The summed E-state index contributed by atoms with van der Waals surface area (Å²) in [5.74, 6) is 2.61. The maximum atomic E-state index is 5.39. The SMILES string of the molecule is C1=CC[C@H](C[NH2+]Cc2ccc3c(c2)OCO3)CC1. The molecule has 3 nitrogen and oxygen atoms in total. The molecule has 1 aliphatic heterocycles. The van der Waals surface area contributed by atoms with Crippen molar-refractivity contribution in [3.05, 3.63) is 35.9 Å². The summed E-state index contributed by atoms with van der Waals surface area (Å²) in [6.45, 7) is 2.60. The third-order valence-electron chi connectivity index (χ3n) is 3.69. The molecule has 0 unspecified atom stereocenters. The molecule has 18 heavy (non-hydrogen) atoms. The Morgan fingerprint density at radius 3 is 3.00 bits per heavy atom. The third-order valence-corrected chi connectivity index (χ3v) is 3.69. The van der Waals surface area contributed by atoms with E-state index in [1.54, 1.807) is 0 Å². The van der Waals surface area contributed by atoms with Crippen molar-refractivity contribution in [2.24, 2.45) is 5.92 Å². The topological polar surface area (TPSA) is 35.1 Å². The number of allylic oxidation sites excluding steroid dienone is 2. The maximum Gasteiger partial charge on any atom is 0.231 e. The fourth-order valence-electron chi connectivity index (χ4n) is 2.62. The lowest BCUT2D eigenvalue weighted by Crippen LogP contribution is -2.84. The predicted molar refractivity (Wildman–Crippen MR) is 69.5 cm³/mol. The van der Waals surface area contributed by atoms with Gasteiger partial charge in [-0.2, -0.15) is 0 Å². The van der Waals surface area contributed by atoms with Gasteiger partial charge in [0.25, 0.3) is 0 Å². The molecule has 3 rings (SSSR count). The number of hydrogen-bond donors (Lipinski definition) is 1. The van der Waals surface area contributed by atoms with Gasteiger partial charge in [-0.3, -0.25) is 0 Å². The van der Waals surface area contributed by atoms with E-state index in [1.165, 1.54) is 31.4 Å². The number of fused-ring (bicyclic) bond motifs is 1. The Kier molecular flexibility index (Phi) is 3.51. The van der Waals surface area contributed by atoms with Crippen molar-refractivity contribution in [3.63, 3.8) is 0 Å². The minimum absolute atomic E-state index is 0.358. The first-order valence-electron chi connectivity index (χ1n) is 6.77. The van der Waals surface area contributed by atoms with Crippen LogP contribution in [0.5, 0.6) is 11.5 Å². The molecule has 0 bridgehead atoms. The highest BCUT2D eigenvalue weighted by Crippen LogP contribution is 2.32. The van der Waals surface area contributed by atoms with Crippen LogP contribution < -0.4 is 14.8 Å². The molecule has 0 amide bonds. The highest BCUT2D eigenvalue weighted by Gasteiger charge is 2.14.